The number of hydrogen-bond acceptors (Lipinski definition) is 5. The van der Waals surface area contributed by atoms with E-state index in [2.05, 4.69) is 15.4 Å². The van der Waals surface area contributed by atoms with Crippen LogP contribution < -0.4 is 5.32 Å². The van der Waals surface area contributed by atoms with Crippen molar-refractivity contribution < 1.29 is 18.0 Å². The fourth-order valence-corrected chi connectivity index (χ4v) is 4.80. The van der Waals surface area contributed by atoms with Crippen LogP contribution in [0.2, 0.25) is 0 Å². The van der Waals surface area contributed by atoms with Crippen molar-refractivity contribution in [1.29, 1.82) is 0 Å². The molecule has 9 heteroatoms. The molecule has 2 aromatic carbocycles. The molecule has 158 valence electrons. The average Bonchev–Trinajstić information content (AvgIpc) is 3.29. The van der Waals surface area contributed by atoms with E-state index in [0.29, 0.717) is 23.5 Å². The highest BCUT2D eigenvalue weighted by Gasteiger charge is 2.33. The van der Waals surface area contributed by atoms with Crippen LogP contribution in [0.15, 0.2) is 48.5 Å². The summed E-state index contributed by atoms with van der Waals surface area (Å²) in [5.74, 6) is 0.326. The van der Waals surface area contributed by atoms with Crippen LogP contribution in [0.25, 0.3) is 15.3 Å². The Morgan fingerprint density at radius 3 is 2.71 bits per heavy atom. The molecular formula is C22H17F3N4OS. The highest BCUT2D eigenvalue weighted by Crippen LogP contribution is 2.36. The summed E-state index contributed by atoms with van der Waals surface area (Å²) in [7, 11) is 0. The topological polar surface area (TPSA) is 59.8 Å². The van der Waals surface area contributed by atoms with E-state index in [0.717, 1.165) is 28.0 Å². The minimum atomic E-state index is -4.46. The zero-order valence-corrected chi connectivity index (χ0v) is 17.2. The fourth-order valence-electron chi connectivity index (χ4n) is 3.86. The second-order valence-electron chi connectivity index (χ2n) is 7.69. The maximum absolute atomic E-state index is 13.1. The van der Waals surface area contributed by atoms with Gasteiger partial charge in [-0.15, -0.1) is 5.10 Å². The van der Waals surface area contributed by atoms with Crippen LogP contribution >= 0.6 is 11.3 Å². The molecule has 1 aliphatic rings. The van der Waals surface area contributed by atoms with Gasteiger partial charge in [-0.2, -0.15) is 13.2 Å². The predicted molar refractivity (Wildman–Crippen MR) is 113 cm³/mol. The van der Waals surface area contributed by atoms with E-state index < -0.39 is 11.7 Å². The van der Waals surface area contributed by atoms with Crippen LogP contribution in [-0.2, 0) is 12.6 Å². The van der Waals surface area contributed by atoms with Gasteiger partial charge in [0, 0.05) is 12.1 Å². The standard InChI is InChI=1S/C22H17F3N4OS/c1-12-9-16-19(17(30)10-12)20(26-14-6-4-5-13(11-14)22(23,24)25)28-29(16)21-27-15-7-2-3-8-18(15)31-21/h2-8,11-12H,9-10H2,1H3,(H,26,28). The summed E-state index contributed by atoms with van der Waals surface area (Å²) in [5, 5.41) is 8.14. The molecule has 1 atom stereocenters. The molecular weight excluding hydrogens is 425 g/mol. The maximum Gasteiger partial charge on any atom is 0.416 e. The van der Waals surface area contributed by atoms with Gasteiger partial charge >= 0.3 is 6.18 Å². The van der Waals surface area contributed by atoms with Crippen LogP contribution in [-0.4, -0.2) is 20.5 Å². The molecule has 0 bridgehead atoms. The molecule has 5 rings (SSSR count). The Morgan fingerprint density at radius 1 is 1.13 bits per heavy atom. The van der Waals surface area contributed by atoms with E-state index in [4.69, 9.17) is 0 Å². The minimum absolute atomic E-state index is 0.0735. The third kappa shape index (κ3) is 3.59. The van der Waals surface area contributed by atoms with Crippen molar-refractivity contribution in [2.24, 2.45) is 5.92 Å². The molecule has 0 aliphatic heterocycles. The number of nitrogens with zero attached hydrogens (tertiary/aromatic N) is 3. The van der Waals surface area contributed by atoms with Crippen molar-refractivity contribution in [2.75, 3.05) is 5.32 Å². The number of hydrogen-bond donors (Lipinski definition) is 1. The van der Waals surface area contributed by atoms with Crippen molar-refractivity contribution in [3.05, 3.63) is 65.4 Å². The highest BCUT2D eigenvalue weighted by atomic mass is 32.1. The van der Waals surface area contributed by atoms with Crippen molar-refractivity contribution >= 4 is 38.8 Å². The minimum Gasteiger partial charge on any atom is -0.338 e. The lowest BCUT2D eigenvalue weighted by molar-refractivity contribution is -0.137. The summed E-state index contributed by atoms with van der Waals surface area (Å²) in [6.45, 7) is 2.00. The summed E-state index contributed by atoms with van der Waals surface area (Å²) in [4.78, 5) is 17.5. The molecule has 31 heavy (non-hydrogen) atoms. The van der Waals surface area contributed by atoms with Gasteiger partial charge < -0.3 is 5.32 Å². The number of carbonyl (C=O) groups is 1. The van der Waals surface area contributed by atoms with Gasteiger partial charge in [0.2, 0.25) is 5.13 Å². The molecule has 1 N–H and O–H groups in total. The van der Waals surface area contributed by atoms with E-state index in [1.807, 2.05) is 31.2 Å². The molecule has 4 aromatic rings. The number of halogens is 3. The molecule has 0 saturated heterocycles. The molecule has 1 unspecified atom stereocenters. The first-order valence-corrected chi connectivity index (χ1v) is 10.6. The first-order valence-electron chi connectivity index (χ1n) is 9.75. The average molecular weight is 442 g/mol. The number of benzene rings is 2. The number of alkyl halides is 3. The summed E-state index contributed by atoms with van der Waals surface area (Å²) in [6, 6.07) is 12.6. The SMILES string of the molecule is CC1CC(=O)c2c(Nc3cccc(C(F)(F)F)c3)nn(-c3nc4ccccc4s3)c2C1. The van der Waals surface area contributed by atoms with Crippen molar-refractivity contribution in [2.45, 2.75) is 25.9 Å². The number of nitrogens with one attached hydrogen (secondary N) is 1. The Kier molecular flexibility index (Phi) is 4.58. The molecule has 1 aliphatic carbocycles. The summed E-state index contributed by atoms with van der Waals surface area (Å²) in [6.07, 6.45) is -3.45. The Hall–Kier alpha value is -3.20. The van der Waals surface area contributed by atoms with Crippen molar-refractivity contribution in [3.63, 3.8) is 0 Å². The van der Waals surface area contributed by atoms with Gasteiger partial charge in [-0.05, 0) is 42.7 Å². The van der Waals surface area contributed by atoms with Crippen LogP contribution in [0, 0.1) is 5.92 Å². The van der Waals surface area contributed by atoms with Gasteiger partial charge in [0.1, 0.15) is 0 Å². The monoisotopic (exact) mass is 442 g/mol. The van der Waals surface area contributed by atoms with Gasteiger partial charge in [-0.25, -0.2) is 9.67 Å². The second-order valence-corrected chi connectivity index (χ2v) is 8.70. The number of Topliss-reactive ketones (excluding diaryl/α,β-unsaturated/α-hetero) is 1. The molecule has 5 nitrogen and oxygen atoms in total. The molecule has 0 amide bonds. The van der Waals surface area contributed by atoms with E-state index in [-0.39, 0.29) is 23.2 Å². The zero-order chi connectivity index (χ0) is 21.8. The van der Waals surface area contributed by atoms with Gasteiger partial charge in [-0.1, -0.05) is 36.5 Å². The number of anilines is 2. The molecule has 0 spiro atoms. The van der Waals surface area contributed by atoms with Crippen molar-refractivity contribution in [1.82, 2.24) is 14.8 Å². The number of carbonyl (C=O) groups excluding carboxylic acids is 1. The quantitative estimate of drug-likeness (QED) is 0.422. The third-order valence-corrected chi connectivity index (χ3v) is 6.26. The number of para-hydroxylation sites is 1. The highest BCUT2D eigenvalue weighted by molar-refractivity contribution is 7.20. The largest absolute Gasteiger partial charge is 0.416 e. The third-order valence-electron chi connectivity index (χ3n) is 5.25. The smallest absolute Gasteiger partial charge is 0.338 e. The Balaban J connectivity index is 1.62. The number of rotatable bonds is 3. The van der Waals surface area contributed by atoms with E-state index >= 15 is 0 Å². The number of ketones is 1. The lowest BCUT2D eigenvalue weighted by Gasteiger charge is -2.18. The summed E-state index contributed by atoms with van der Waals surface area (Å²) < 4.78 is 42.0. The zero-order valence-electron chi connectivity index (χ0n) is 16.4. The lowest BCUT2D eigenvalue weighted by Crippen LogP contribution is -2.19. The lowest BCUT2D eigenvalue weighted by atomic mass is 9.88. The summed E-state index contributed by atoms with van der Waals surface area (Å²) >= 11 is 1.45. The predicted octanol–water partition coefficient (Wildman–Crippen LogP) is 6.01. The van der Waals surface area contributed by atoms with E-state index in [1.54, 1.807) is 4.68 Å². The van der Waals surface area contributed by atoms with Gasteiger partial charge in [0.25, 0.3) is 0 Å². The molecule has 0 saturated carbocycles. The molecule has 0 fully saturated rings. The molecule has 0 radical (unpaired) electrons. The number of thiazole rings is 1. The Bertz CT molecular complexity index is 1270. The normalized spacial score (nSPS) is 16.5. The van der Waals surface area contributed by atoms with Crippen LogP contribution in [0.3, 0.4) is 0 Å². The summed E-state index contributed by atoms with van der Waals surface area (Å²) in [5.41, 5.74) is 1.44. The fraction of sp³-hybridized carbons (Fsp3) is 0.227. The van der Waals surface area contributed by atoms with E-state index in [1.165, 1.54) is 23.5 Å². The Labute approximate surface area is 179 Å². The van der Waals surface area contributed by atoms with Crippen LogP contribution in [0.4, 0.5) is 24.7 Å². The maximum atomic E-state index is 13.1. The van der Waals surface area contributed by atoms with Gasteiger partial charge in [-0.3, -0.25) is 4.79 Å². The van der Waals surface area contributed by atoms with Crippen molar-refractivity contribution in [3.8, 4) is 5.13 Å². The molecule has 2 heterocycles. The first-order chi connectivity index (χ1) is 14.8. The van der Waals surface area contributed by atoms with Crippen LogP contribution in [0.1, 0.15) is 35.0 Å². The number of aromatic nitrogens is 3. The van der Waals surface area contributed by atoms with Crippen LogP contribution in [0.5, 0.6) is 0 Å². The van der Waals surface area contributed by atoms with E-state index in [9.17, 15) is 18.0 Å². The van der Waals surface area contributed by atoms with Gasteiger partial charge in [0.15, 0.2) is 11.6 Å². The van der Waals surface area contributed by atoms with Gasteiger partial charge in [0.05, 0.1) is 27.0 Å². The molecule has 2 aromatic heterocycles. The Morgan fingerprint density at radius 2 is 1.94 bits per heavy atom. The first kappa shape index (κ1) is 19.7. The second kappa shape index (κ2) is 7.19. The number of fused-ring (bicyclic) bond motifs is 2.